The van der Waals surface area contributed by atoms with Crippen molar-refractivity contribution in [3.63, 3.8) is 0 Å². The highest BCUT2D eigenvalue weighted by molar-refractivity contribution is 7.02. The van der Waals surface area contributed by atoms with E-state index in [1.807, 2.05) is 0 Å². The zero-order valence-corrected chi connectivity index (χ0v) is 13.7. The summed E-state index contributed by atoms with van der Waals surface area (Å²) in [5, 5.41) is 5.76. The summed E-state index contributed by atoms with van der Waals surface area (Å²) in [6, 6.07) is 22.3. The van der Waals surface area contributed by atoms with Gasteiger partial charge in [-0.25, -0.2) is 0 Å². The van der Waals surface area contributed by atoms with E-state index in [-0.39, 0.29) is 0 Å². The molecule has 0 spiro atoms. The molecule has 4 rings (SSSR count). The average Bonchev–Trinajstić information content (AvgIpc) is 2.52. The van der Waals surface area contributed by atoms with Crippen LogP contribution in [0.2, 0.25) is 13.1 Å². The number of rotatable bonds is 0. The minimum atomic E-state index is -1.63. The van der Waals surface area contributed by atoms with Crippen molar-refractivity contribution in [1.82, 2.24) is 0 Å². The van der Waals surface area contributed by atoms with Gasteiger partial charge in [0.25, 0.3) is 0 Å². The molecule has 1 nitrogen and oxygen atoms in total. The highest BCUT2D eigenvalue weighted by atomic mass is 28.3. The fourth-order valence-corrected chi connectivity index (χ4v) is 6.67. The minimum Gasteiger partial charge on any atom is -0.345 e. The number of nitrogens with zero attached hydrogens (tertiary/aromatic N) is 1. The molecule has 21 heavy (non-hydrogen) atoms. The van der Waals surface area contributed by atoms with Crippen LogP contribution in [0.1, 0.15) is 0 Å². The Morgan fingerprint density at radius 3 is 2.10 bits per heavy atom. The first-order valence-corrected chi connectivity index (χ1v) is 10.5. The smallest absolute Gasteiger partial charge is 0.117 e. The Kier molecular flexibility index (Phi) is 2.54. The van der Waals surface area contributed by atoms with Crippen molar-refractivity contribution in [2.45, 2.75) is 13.1 Å². The molecule has 1 aliphatic heterocycles. The number of fused-ring (bicyclic) bond motifs is 3. The second kappa shape index (κ2) is 4.22. The molecule has 0 radical (unpaired) electrons. The van der Waals surface area contributed by atoms with Crippen LogP contribution < -0.4 is 15.3 Å². The molecule has 0 atom stereocenters. The highest BCUT2D eigenvalue weighted by Crippen LogP contribution is 2.32. The van der Waals surface area contributed by atoms with Gasteiger partial charge in [0.1, 0.15) is 8.07 Å². The molecular weight excluding hydrogens is 270 g/mol. The molecule has 1 heterocycles. The molecule has 0 aliphatic carbocycles. The molecule has 3 aromatic carbocycles. The molecular formula is C19H19NSi. The topological polar surface area (TPSA) is 3.24 Å². The van der Waals surface area contributed by atoms with Crippen LogP contribution in [-0.4, -0.2) is 15.1 Å². The van der Waals surface area contributed by atoms with Crippen LogP contribution in [0.3, 0.4) is 0 Å². The van der Waals surface area contributed by atoms with Crippen LogP contribution in [0.5, 0.6) is 0 Å². The maximum Gasteiger partial charge on any atom is 0.117 e. The van der Waals surface area contributed by atoms with Gasteiger partial charge < -0.3 is 4.90 Å². The maximum atomic E-state index is 2.46. The number of para-hydroxylation sites is 1. The lowest BCUT2D eigenvalue weighted by Crippen LogP contribution is -2.58. The molecule has 104 valence electrons. The van der Waals surface area contributed by atoms with Gasteiger partial charge in [0.15, 0.2) is 0 Å². The first-order valence-electron chi connectivity index (χ1n) is 7.45. The fraction of sp³-hybridized carbons (Fsp3) is 0.158. The lowest BCUT2D eigenvalue weighted by molar-refractivity contribution is 1.22. The predicted molar refractivity (Wildman–Crippen MR) is 95.2 cm³/mol. The summed E-state index contributed by atoms with van der Waals surface area (Å²) in [6.07, 6.45) is 0. The Morgan fingerprint density at radius 1 is 0.714 bits per heavy atom. The van der Waals surface area contributed by atoms with Gasteiger partial charge in [-0.2, -0.15) is 0 Å². The summed E-state index contributed by atoms with van der Waals surface area (Å²) in [7, 11) is 0.558. The Hall–Kier alpha value is -2.06. The molecule has 2 heteroatoms. The number of benzene rings is 3. The summed E-state index contributed by atoms with van der Waals surface area (Å²) in [5.41, 5.74) is 2.75. The molecule has 0 unspecified atom stereocenters. The standard InChI is InChI=1S/C19H19NSi/c1-20-16-10-6-7-11-18(16)21(2,3)19-13-15-9-5-4-8-14(15)12-17(19)20/h4-13H,1-3H3. The van der Waals surface area contributed by atoms with E-state index in [9.17, 15) is 0 Å². The van der Waals surface area contributed by atoms with Crippen molar-refractivity contribution in [3.05, 3.63) is 60.7 Å². The highest BCUT2D eigenvalue weighted by Gasteiger charge is 2.36. The lowest BCUT2D eigenvalue weighted by atomic mass is 10.1. The van der Waals surface area contributed by atoms with Crippen LogP contribution in [0, 0.1) is 0 Å². The molecule has 1 aliphatic rings. The average molecular weight is 289 g/mol. The Bertz CT molecular complexity index is 851. The largest absolute Gasteiger partial charge is 0.345 e. The first kappa shape index (κ1) is 12.7. The monoisotopic (exact) mass is 289 g/mol. The van der Waals surface area contributed by atoms with Gasteiger partial charge in [-0.1, -0.05) is 61.6 Å². The third kappa shape index (κ3) is 1.69. The van der Waals surface area contributed by atoms with Gasteiger partial charge in [0.2, 0.25) is 0 Å². The van der Waals surface area contributed by atoms with Gasteiger partial charge in [-0.15, -0.1) is 0 Å². The van der Waals surface area contributed by atoms with Crippen molar-refractivity contribution in [3.8, 4) is 0 Å². The van der Waals surface area contributed by atoms with E-state index in [1.165, 1.54) is 27.3 Å². The second-order valence-corrected chi connectivity index (χ2v) is 10.7. The van der Waals surface area contributed by atoms with E-state index in [0.29, 0.717) is 0 Å². The van der Waals surface area contributed by atoms with E-state index in [4.69, 9.17) is 0 Å². The Morgan fingerprint density at radius 2 is 1.33 bits per heavy atom. The van der Waals surface area contributed by atoms with Crippen LogP contribution in [-0.2, 0) is 0 Å². The van der Waals surface area contributed by atoms with Crippen LogP contribution in [0.25, 0.3) is 10.8 Å². The maximum absolute atomic E-state index is 2.46. The Labute approximate surface area is 126 Å². The zero-order valence-electron chi connectivity index (χ0n) is 12.7. The normalized spacial score (nSPS) is 15.7. The number of hydrogen-bond acceptors (Lipinski definition) is 1. The molecule has 0 fully saturated rings. The summed E-state index contributed by atoms with van der Waals surface area (Å²) in [4.78, 5) is 2.36. The van der Waals surface area contributed by atoms with Crippen molar-refractivity contribution >= 4 is 40.6 Å². The van der Waals surface area contributed by atoms with E-state index in [2.05, 4.69) is 85.7 Å². The van der Waals surface area contributed by atoms with E-state index < -0.39 is 8.07 Å². The number of anilines is 2. The van der Waals surface area contributed by atoms with Crippen LogP contribution in [0.15, 0.2) is 60.7 Å². The molecule has 0 N–H and O–H groups in total. The van der Waals surface area contributed by atoms with E-state index in [0.717, 1.165) is 0 Å². The SMILES string of the molecule is CN1c2ccccc2[Si](C)(C)c2cc3ccccc3cc21. The van der Waals surface area contributed by atoms with Crippen LogP contribution in [0.4, 0.5) is 11.4 Å². The summed E-state index contributed by atoms with van der Waals surface area (Å²) >= 11 is 0. The number of hydrogen-bond donors (Lipinski definition) is 0. The third-order valence-corrected chi connectivity index (χ3v) is 8.35. The molecule has 0 bridgehead atoms. The van der Waals surface area contributed by atoms with Gasteiger partial charge >= 0.3 is 0 Å². The Balaban J connectivity index is 2.08. The van der Waals surface area contributed by atoms with Crippen molar-refractivity contribution in [2.24, 2.45) is 0 Å². The minimum absolute atomic E-state index is 1.33. The van der Waals surface area contributed by atoms with Crippen molar-refractivity contribution in [2.75, 3.05) is 11.9 Å². The first-order chi connectivity index (χ1) is 10.1. The molecule has 0 aromatic heterocycles. The lowest BCUT2D eigenvalue weighted by Gasteiger charge is -2.39. The quantitative estimate of drug-likeness (QED) is 0.570. The molecule has 0 saturated carbocycles. The van der Waals surface area contributed by atoms with Gasteiger partial charge in [0.05, 0.1) is 0 Å². The summed E-state index contributed by atoms with van der Waals surface area (Å²) < 4.78 is 0. The second-order valence-electron chi connectivity index (χ2n) is 6.42. The van der Waals surface area contributed by atoms with Crippen LogP contribution >= 0.6 is 0 Å². The summed E-state index contributed by atoms with van der Waals surface area (Å²) in [6.45, 7) is 4.93. The third-order valence-electron chi connectivity index (χ3n) is 4.84. The van der Waals surface area contributed by atoms with Crippen molar-refractivity contribution in [1.29, 1.82) is 0 Å². The molecule has 0 saturated heterocycles. The van der Waals surface area contributed by atoms with Gasteiger partial charge in [0, 0.05) is 18.4 Å². The zero-order chi connectivity index (χ0) is 14.6. The van der Waals surface area contributed by atoms with Gasteiger partial charge in [-0.3, -0.25) is 0 Å². The fourth-order valence-electron chi connectivity index (χ4n) is 3.58. The summed E-state index contributed by atoms with van der Waals surface area (Å²) in [5.74, 6) is 0. The molecule has 0 amide bonds. The predicted octanol–water partition coefficient (Wildman–Crippen LogP) is 3.74. The van der Waals surface area contributed by atoms with Crippen molar-refractivity contribution < 1.29 is 0 Å². The van der Waals surface area contributed by atoms with E-state index >= 15 is 0 Å². The molecule has 3 aromatic rings. The van der Waals surface area contributed by atoms with E-state index in [1.54, 1.807) is 5.19 Å². The van der Waals surface area contributed by atoms with Gasteiger partial charge in [-0.05, 0) is 33.3 Å².